The Morgan fingerprint density at radius 2 is 2.41 bits per heavy atom. The third-order valence-electron chi connectivity index (χ3n) is 2.43. The molecule has 8 heteroatoms. The molecule has 1 aromatic rings. The minimum atomic E-state index is -0.550. The molecule has 0 aliphatic carbocycles. The van der Waals surface area contributed by atoms with Crippen molar-refractivity contribution >= 4 is 11.8 Å². The second kappa shape index (κ2) is 10.1. The number of hydrogen-bond donors (Lipinski definition) is 2. The zero-order chi connectivity index (χ0) is 16.2. The Bertz CT molecular complexity index is 618. The zero-order valence-electron chi connectivity index (χ0n) is 11.8. The number of nitro groups is 1. The van der Waals surface area contributed by atoms with E-state index < -0.39 is 4.92 Å². The van der Waals surface area contributed by atoms with E-state index in [1.807, 2.05) is 0 Å². The van der Waals surface area contributed by atoms with Gasteiger partial charge in [0, 0.05) is 24.2 Å². The lowest BCUT2D eigenvalue weighted by molar-refractivity contribution is -0.404. The molecule has 2 N–H and O–H groups in total. The van der Waals surface area contributed by atoms with E-state index in [-0.39, 0.29) is 12.4 Å². The lowest BCUT2D eigenvalue weighted by atomic mass is 10.2. The summed E-state index contributed by atoms with van der Waals surface area (Å²) < 4.78 is 0. The lowest BCUT2D eigenvalue weighted by Crippen LogP contribution is -2.29. The molecule has 7 nitrogen and oxygen atoms in total. The summed E-state index contributed by atoms with van der Waals surface area (Å²) in [6.45, 7) is 0.732. The summed E-state index contributed by atoms with van der Waals surface area (Å²) in [6, 6.07) is 5.54. The van der Waals surface area contributed by atoms with Crippen LogP contribution in [-0.4, -0.2) is 28.7 Å². The van der Waals surface area contributed by atoms with Crippen LogP contribution in [0.15, 0.2) is 30.4 Å². The molecule has 0 bridgehead atoms. The molecule has 114 valence electrons. The van der Waals surface area contributed by atoms with Crippen molar-refractivity contribution < 1.29 is 4.92 Å². The maximum Gasteiger partial charge on any atom is 0.274 e. The van der Waals surface area contributed by atoms with Gasteiger partial charge in [-0.15, -0.1) is 6.42 Å². The van der Waals surface area contributed by atoms with E-state index >= 15 is 0 Å². The molecule has 0 spiro atoms. The average molecular weight is 317 g/mol. The van der Waals surface area contributed by atoms with Crippen LogP contribution in [0.4, 0.5) is 0 Å². The van der Waals surface area contributed by atoms with Crippen LogP contribution in [-0.2, 0) is 5.75 Å². The largest absolute Gasteiger partial charge is 0.366 e. The first-order chi connectivity index (χ1) is 10.7. The van der Waals surface area contributed by atoms with Crippen molar-refractivity contribution in [3.8, 4) is 18.4 Å². The highest BCUT2D eigenvalue weighted by molar-refractivity contribution is 7.98. The van der Waals surface area contributed by atoms with Gasteiger partial charge in [-0.3, -0.25) is 15.1 Å². The van der Waals surface area contributed by atoms with Gasteiger partial charge in [-0.1, -0.05) is 5.92 Å². The molecule has 1 heterocycles. The van der Waals surface area contributed by atoms with Crippen LogP contribution in [0.2, 0.25) is 0 Å². The molecule has 22 heavy (non-hydrogen) atoms. The van der Waals surface area contributed by atoms with Crippen molar-refractivity contribution in [3.05, 3.63) is 51.7 Å². The number of terminal acetylenes is 1. The molecular weight excluding hydrogens is 302 g/mol. The van der Waals surface area contributed by atoms with Gasteiger partial charge in [0.05, 0.1) is 22.7 Å². The number of nitriles is 1. The van der Waals surface area contributed by atoms with E-state index in [1.54, 1.807) is 30.1 Å². The highest BCUT2D eigenvalue weighted by atomic mass is 32.2. The first-order valence-electron chi connectivity index (χ1n) is 6.35. The second-order valence-corrected chi connectivity index (χ2v) is 5.08. The number of pyridine rings is 1. The molecule has 0 aliphatic heterocycles. The van der Waals surface area contributed by atoms with Gasteiger partial charge in [0.25, 0.3) is 6.20 Å². The maximum absolute atomic E-state index is 10.5. The van der Waals surface area contributed by atoms with Crippen molar-refractivity contribution in [1.82, 2.24) is 15.6 Å². The molecule has 0 radical (unpaired) electrons. The molecule has 1 rings (SSSR count). The Morgan fingerprint density at radius 3 is 3.09 bits per heavy atom. The molecule has 0 aliphatic rings. The van der Waals surface area contributed by atoms with Crippen LogP contribution in [0.5, 0.6) is 0 Å². The van der Waals surface area contributed by atoms with E-state index in [4.69, 9.17) is 11.7 Å². The standard InChI is InChI=1S/C14H15N5O2S/c1-2-5-17-14(10-19(20)21)18-7-8-22-11-13-12(9-15)4-3-6-16-13/h1,3-4,6,10,17-18H,5,7-8,11H2/b14-10-. The predicted molar refractivity (Wildman–Crippen MR) is 85.0 cm³/mol. The van der Waals surface area contributed by atoms with Crippen LogP contribution in [0, 0.1) is 33.8 Å². The normalized spacial score (nSPS) is 10.4. The van der Waals surface area contributed by atoms with Crippen molar-refractivity contribution in [3.63, 3.8) is 0 Å². The SMILES string of the molecule is C#CCN/C(=C/[N+](=O)[O-])NCCSCc1ncccc1C#N. The zero-order valence-corrected chi connectivity index (χ0v) is 12.6. The van der Waals surface area contributed by atoms with Crippen LogP contribution in [0.1, 0.15) is 11.3 Å². The first-order valence-corrected chi connectivity index (χ1v) is 7.51. The molecular formula is C14H15N5O2S. The Labute approximate surface area is 133 Å². The highest BCUT2D eigenvalue weighted by Crippen LogP contribution is 2.12. The Kier molecular flexibility index (Phi) is 7.95. The summed E-state index contributed by atoms with van der Waals surface area (Å²) in [5.41, 5.74) is 1.30. The number of aromatic nitrogens is 1. The van der Waals surface area contributed by atoms with Gasteiger partial charge in [-0.05, 0) is 12.1 Å². The van der Waals surface area contributed by atoms with Gasteiger partial charge in [0.15, 0.2) is 5.82 Å². The Morgan fingerprint density at radius 1 is 1.59 bits per heavy atom. The van der Waals surface area contributed by atoms with E-state index in [1.165, 1.54) is 0 Å². The second-order valence-electron chi connectivity index (χ2n) is 3.97. The van der Waals surface area contributed by atoms with E-state index in [0.29, 0.717) is 23.6 Å². The van der Waals surface area contributed by atoms with Crippen molar-refractivity contribution in [1.29, 1.82) is 5.26 Å². The molecule has 0 saturated carbocycles. The van der Waals surface area contributed by atoms with Gasteiger partial charge < -0.3 is 10.6 Å². The third-order valence-corrected chi connectivity index (χ3v) is 3.40. The number of rotatable bonds is 9. The van der Waals surface area contributed by atoms with Crippen LogP contribution in [0.3, 0.4) is 0 Å². The van der Waals surface area contributed by atoms with Crippen LogP contribution >= 0.6 is 11.8 Å². The van der Waals surface area contributed by atoms with Gasteiger partial charge in [-0.25, -0.2) is 0 Å². The Balaban J connectivity index is 2.36. The molecule has 0 amide bonds. The smallest absolute Gasteiger partial charge is 0.274 e. The maximum atomic E-state index is 10.5. The fourth-order valence-electron chi connectivity index (χ4n) is 1.49. The summed E-state index contributed by atoms with van der Waals surface area (Å²) in [4.78, 5) is 14.1. The highest BCUT2D eigenvalue weighted by Gasteiger charge is 2.04. The summed E-state index contributed by atoms with van der Waals surface area (Å²) in [6.07, 6.45) is 7.59. The van der Waals surface area contributed by atoms with Gasteiger partial charge in [-0.2, -0.15) is 17.0 Å². The van der Waals surface area contributed by atoms with E-state index in [0.717, 1.165) is 11.9 Å². The van der Waals surface area contributed by atoms with Gasteiger partial charge >= 0.3 is 0 Å². The average Bonchev–Trinajstić information content (AvgIpc) is 2.51. The van der Waals surface area contributed by atoms with Gasteiger partial charge in [0.1, 0.15) is 6.07 Å². The summed E-state index contributed by atoms with van der Waals surface area (Å²) in [7, 11) is 0. The fourth-order valence-corrected chi connectivity index (χ4v) is 2.30. The van der Waals surface area contributed by atoms with Crippen molar-refractivity contribution in [2.24, 2.45) is 0 Å². The van der Waals surface area contributed by atoms with Crippen LogP contribution in [0.25, 0.3) is 0 Å². The first kappa shape index (κ1) is 17.3. The quantitative estimate of drug-likeness (QED) is 0.304. The molecule has 0 unspecified atom stereocenters. The number of nitrogens with one attached hydrogen (secondary N) is 2. The fraction of sp³-hybridized carbons (Fsp3) is 0.286. The number of thioether (sulfide) groups is 1. The predicted octanol–water partition coefficient (Wildman–Crippen LogP) is 1.07. The Hall–Kier alpha value is -2.71. The minimum absolute atomic E-state index is 0.208. The summed E-state index contributed by atoms with van der Waals surface area (Å²) >= 11 is 1.58. The lowest BCUT2D eigenvalue weighted by Gasteiger charge is -2.09. The summed E-state index contributed by atoms with van der Waals surface area (Å²) in [5, 5.41) is 25.1. The molecule has 0 saturated heterocycles. The number of nitrogens with zero attached hydrogens (tertiary/aromatic N) is 3. The van der Waals surface area contributed by atoms with Crippen LogP contribution < -0.4 is 10.6 Å². The van der Waals surface area contributed by atoms with Gasteiger partial charge in [0.2, 0.25) is 0 Å². The number of hydrogen-bond acceptors (Lipinski definition) is 7. The van der Waals surface area contributed by atoms with E-state index in [9.17, 15) is 10.1 Å². The third kappa shape index (κ3) is 6.64. The molecule has 1 aromatic heterocycles. The monoisotopic (exact) mass is 317 g/mol. The topological polar surface area (TPSA) is 104 Å². The molecule has 0 atom stereocenters. The van der Waals surface area contributed by atoms with Crippen molar-refractivity contribution in [2.75, 3.05) is 18.8 Å². The molecule has 0 fully saturated rings. The van der Waals surface area contributed by atoms with Crippen molar-refractivity contribution in [2.45, 2.75) is 5.75 Å². The minimum Gasteiger partial charge on any atom is -0.366 e. The van der Waals surface area contributed by atoms with E-state index in [2.05, 4.69) is 27.6 Å². The molecule has 0 aromatic carbocycles. The summed E-state index contributed by atoms with van der Waals surface area (Å²) in [5.74, 6) is 3.94.